The molecule has 0 aromatic heterocycles. The third kappa shape index (κ3) is 8.18. The van der Waals surface area contributed by atoms with Crippen molar-refractivity contribution in [3.8, 4) is 11.2 Å². The zero-order chi connectivity index (χ0) is 48.1. The highest BCUT2D eigenvalue weighted by Gasteiger charge is 2.52. The van der Waals surface area contributed by atoms with Crippen molar-refractivity contribution in [2.45, 2.75) is 12.7 Å². The summed E-state index contributed by atoms with van der Waals surface area (Å²) in [5, 5.41) is 2.92. The molecule has 0 spiro atoms. The lowest BCUT2D eigenvalue weighted by Crippen LogP contribution is -2.81. The summed E-state index contributed by atoms with van der Waals surface area (Å²) in [7, 11) is -2.16. The van der Waals surface area contributed by atoms with Crippen molar-refractivity contribution in [2.75, 3.05) is 6.26 Å². The van der Waals surface area contributed by atoms with E-state index in [0.29, 0.717) is 5.75 Å². The standard InChI is InChI=1S/C24BF20.C17H17OS/c26-5-1(6(27)14(35)21(42)13(5)34)25(2-7(28)15(36)22(43)16(37)8(2)29,3-9(30)17(38)23(44)18(39)10(3)31)4-11(32)19(40)24(45)20(41)12(4)33;1-15-8-10-17(11-9-15)14-19(2,18)13-12-16-6-4-3-5-7-16/h;3-11H,14H2,1-2H3/q-1;+1. The Hall–Kier alpha value is -6.31. The van der Waals surface area contributed by atoms with Gasteiger partial charge in [-0.3, -0.25) is 0 Å². The summed E-state index contributed by atoms with van der Waals surface area (Å²) in [4.78, 5) is 0. The summed E-state index contributed by atoms with van der Waals surface area (Å²) in [6.07, 6.45) is -5.49. The van der Waals surface area contributed by atoms with E-state index in [2.05, 4.69) is 11.2 Å². The second-order valence-corrected chi connectivity index (χ2v) is 16.0. The van der Waals surface area contributed by atoms with E-state index in [1.165, 1.54) is 5.56 Å². The van der Waals surface area contributed by atoms with Crippen LogP contribution >= 0.6 is 0 Å². The number of aryl methyl sites for hydroxylation is 1. The van der Waals surface area contributed by atoms with Crippen LogP contribution in [0.25, 0.3) is 0 Å². The van der Waals surface area contributed by atoms with E-state index in [1.54, 1.807) is 6.26 Å². The maximum absolute atomic E-state index is 15.4. The molecule has 23 heteroatoms. The van der Waals surface area contributed by atoms with E-state index in [1.807, 2.05) is 61.5 Å². The van der Waals surface area contributed by atoms with Crippen LogP contribution in [-0.2, 0) is 19.9 Å². The molecule has 0 fully saturated rings. The molecule has 0 N–H and O–H groups in total. The molecule has 1 atom stereocenters. The van der Waals surface area contributed by atoms with E-state index < -0.39 is 154 Å². The number of halogens is 20. The fourth-order valence-electron chi connectivity index (χ4n) is 6.60. The summed E-state index contributed by atoms with van der Waals surface area (Å²) >= 11 is 0. The zero-order valence-corrected chi connectivity index (χ0v) is 32.2. The number of benzene rings is 6. The molecule has 336 valence electrons. The number of rotatable bonds is 6. The van der Waals surface area contributed by atoms with Crippen LogP contribution in [0.5, 0.6) is 0 Å². The van der Waals surface area contributed by atoms with Crippen LogP contribution in [0.2, 0.25) is 0 Å². The molecule has 64 heavy (non-hydrogen) atoms. The van der Waals surface area contributed by atoms with Gasteiger partial charge in [-0.05, 0) is 25.0 Å². The van der Waals surface area contributed by atoms with Crippen LogP contribution < -0.4 is 21.9 Å². The molecular weight excluding hydrogens is 931 g/mol. The van der Waals surface area contributed by atoms with Gasteiger partial charge in [0.15, 0.2) is 85.0 Å². The predicted octanol–water partition coefficient (Wildman–Crippen LogP) is 9.48. The smallest absolute Gasteiger partial charge is 0.200 e. The first-order chi connectivity index (χ1) is 29.8. The molecule has 0 aliphatic carbocycles. The third-order valence-corrected chi connectivity index (χ3v) is 10.9. The van der Waals surface area contributed by atoms with Crippen molar-refractivity contribution < 1.29 is 92.0 Å². The lowest BCUT2D eigenvalue weighted by atomic mass is 9.12. The Labute approximate surface area is 347 Å². The van der Waals surface area contributed by atoms with Gasteiger partial charge < -0.3 is 0 Å². The lowest BCUT2D eigenvalue weighted by molar-refractivity contribution is 0.378. The van der Waals surface area contributed by atoms with Gasteiger partial charge >= 0.3 is 0 Å². The zero-order valence-electron chi connectivity index (χ0n) is 31.4. The van der Waals surface area contributed by atoms with Crippen molar-refractivity contribution in [3.63, 3.8) is 0 Å². The van der Waals surface area contributed by atoms with Gasteiger partial charge in [0.2, 0.25) is 0 Å². The van der Waals surface area contributed by atoms with E-state index in [9.17, 15) is 56.9 Å². The maximum Gasteiger partial charge on any atom is 0.200 e. The Balaban J connectivity index is 0.000000337. The third-order valence-electron chi connectivity index (χ3n) is 9.45. The second-order valence-electron chi connectivity index (χ2n) is 13.5. The molecule has 0 saturated heterocycles. The first-order valence-corrected chi connectivity index (χ1v) is 19.2. The van der Waals surface area contributed by atoms with E-state index in [-0.39, 0.29) is 0 Å². The van der Waals surface area contributed by atoms with Gasteiger partial charge in [0.1, 0.15) is 64.7 Å². The topological polar surface area (TPSA) is 17.1 Å². The molecule has 1 unspecified atom stereocenters. The molecule has 6 aromatic carbocycles. The molecular formula is C41H17BF20OS. The first-order valence-electron chi connectivity index (χ1n) is 17.1. The van der Waals surface area contributed by atoms with E-state index >= 15 is 35.1 Å². The van der Waals surface area contributed by atoms with Gasteiger partial charge in [0, 0.05) is 11.1 Å². The monoisotopic (exact) mass is 948 g/mol. The first kappa shape index (κ1) is 48.7. The molecule has 6 rings (SSSR count). The fraction of sp³-hybridized carbons (Fsp3) is 0.0732. The van der Waals surface area contributed by atoms with Gasteiger partial charge in [-0.25, -0.2) is 87.8 Å². The lowest BCUT2D eigenvalue weighted by Gasteiger charge is -2.44. The molecule has 0 amide bonds. The van der Waals surface area contributed by atoms with E-state index in [4.69, 9.17) is 0 Å². The van der Waals surface area contributed by atoms with Gasteiger partial charge in [-0.15, -0.1) is 21.9 Å². The predicted molar refractivity (Wildman–Crippen MR) is 191 cm³/mol. The van der Waals surface area contributed by atoms with Crippen molar-refractivity contribution in [1.82, 2.24) is 0 Å². The highest BCUT2D eigenvalue weighted by Crippen LogP contribution is 2.31. The minimum absolute atomic E-state index is 0.507. The molecule has 0 aliphatic heterocycles. The minimum Gasteiger partial charge on any atom is -0.207 e. The number of hydrogen-bond donors (Lipinski definition) is 0. The van der Waals surface area contributed by atoms with Crippen molar-refractivity contribution in [1.29, 1.82) is 0 Å². The maximum atomic E-state index is 15.4. The summed E-state index contributed by atoms with van der Waals surface area (Å²) in [6, 6.07) is 17.8. The highest BCUT2D eigenvalue weighted by molar-refractivity contribution is 8.05. The van der Waals surface area contributed by atoms with Crippen LogP contribution in [0.1, 0.15) is 16.7 Å². The second kappa shape index (κ2) is 18.1. The van der Waals surface area contributed by atoms with Gasteiger partial charge in [0.05, 0.1) is 0 Å². The van der Waals surface area contributed by atoms with Crippen LogP contribution in [0, 0.1) is 134 Å². The SMILES string of the molecule is Cc1ccc(C[S+](C)(=O)C#Cc2ccccc2)cc1.Fc1c(F)c(F)c([B-](c2c(F)c(F)c(F)c(F)c2F)(c2c(F)c(F)c(F)c(F)c2F)c2c(F)c(F)c(F)c(F)c2F)c(F)c1F. The van der Waals surface area contributed by atoms with Crippen LogP contribution in [0.15, 0.2) is 54.6 Å². The van der Waals surface area contributed by atoms with Gasteiger partial charge in [0.25, 0.3) is 0 Å². The minimum atomic E-state index is -7.22. The van der Waals surface area contributed by atoms with Crippen molar-refractivity contribution in [2.24, 2.45) is 0 Å². The Morgan fingerprint density at radius 2 is 0.641 bits per heavy atom. The van der Waals surface area contributed by atoms with Crippen LogP contribution in [0.4, 0.5) is 87.8 Å². The quantitative estimate of drug-likeness (QED) is 0.0407. The number of hydrogen-bond acceptors (Lipinski definition) is 1. The highest BCUT2D eigenvalue weighted by atomic mass is 32.2. The fourth-order valence-corrected chi connectivity index (χ4v) is 7.84. The molecule has 0 aliphatic rings. The molecule has 0 saturated carbocycles. The molecule has 0 heterocycles. The normalized spacial score (nSPS) is 12.3. The largest absolute Gasteiger partial charge is 0.207 e. The Morgan fingerprint density at radius 3 is 0.906 bits per heavy atom. The Morgan fingerprint density at radius 1 is 0.391 bits per heavy atom. The van der Waals surface area contributed by atoms with E-state index in [0.717, 1.165) is 11.1 Å². The molecule has 0 bridgehead atoms. The molecule has 6 aromatic rings. The van der Waals surface area contributed by atoms with Crippen molar-refractivity contribution in [3.05, 3.63) is 188 Å². The summed E-state index contributed by atoms with van der Waals surface area (Å²) in [6.45, 7) is 2.04. The molecule has 1 nitrogen and oxygen atoms in total. The Bertz CT molecular complexity index is 2590. The molecule has 0 radical (unpaired) electrons. The van der Waals surface area contributed by atoms with Gasteiger partial charge in [-0.1, -0.05) is 52.2 Å². The van der Waals surface area contributed by atoms with Crippen LogP contribution in [-0.4, -0.2) is 12.4 Å². The van der Waals surface area contributed by atoms with Gasteiger partial charge in [-0.2, -0.15) is 0 Å². The Kier molecular flexibility index (Phi) is 13.7. The summed E-state index contributed by atoms with van der Waals surface area (Å²) in [5.41, 5.74) is -11.1. The average Bonchev–Trinajstić information content (AvgIpc) is 3.27. The van der Waals surface area contributed by atoms with Crippen LogP contribution in [0.3, 0.4) is 0 Å². The summed E-state index contributed by atoms with van der Waals surface area (Å²) in [5.74, 6) is -67.9. The summed E-state index contributed by atoms with van der Waals surface area (Å²) < 4.78 is 306. The van der Waals surface area contributed by atoms with Crippen molar-refractivity contribution >= 4 is 37.9 Å². The average molecular weight is 948 g/mol.